The van der Waals surface area contributed by atoms with E-state index in [1.807, 2.05) is 37.3 Å². The van der Waals surface area contributed by atoms with E-state index in [1.54, 1.807) is 24.0 Å². The Kier molecular flexibility index (Phi) is 5.18. The quantitative estimate of drug-likeness (QED) is 0.840. The molecule has 0 radical (unpaired) electrons. The molecule has 0 fully saturated rings. The molecule has 0 aliphatic carbocycles. The third-order valence-corrected chi connectivity index (χ3v) is 3.98. The first-order valence-electron chi connectivity index (χ1n) is 6.66. The zero-order valence-electron chi connectivity index (χ0n) is 11.7. The molecular weight excluding hydrogens is 268 g/mol. The minimum absolute atomic E-state index is 0.111. The number of carbonyl (C=O) groups is 1. The number of aryl methyl sites for hydroxylation is 1. The molecule has 1 aromatic carbocycles. The minimum Gasteiger partial charge on any atom is -0.322 e. The Morgan fingerprint density at radius 2 is 2.00 bits per heavy atom. The molecule has 1 N–H and O–H groups in total. The van der Waals surface area contributed by atoms with Crippen LogP contribution >= 0.6 is 11.8 Å². The SMILES string of the molecule is CCCSc1ncccc1C(=O)Nc1ccc(C)cc1. The van der Waals surface area contributed by atoms with Gasteiger partial charge in [0.1, 0.15) is 5.03 Å². The van der Waals surface area contributed by atoms with Crippen LogP contribution in [0.3, 0.4) is 0 Å². The smallest absolute Gasteiger partial charge is 0.258 e. The van der Waals surface area contributed by atoms with Crippen molar-refractivity contribution in [1.29, 1.82) is 0 Å². The number of benzene rings is 1. The third-order valence-electron chi connectivity index (χ3n) is 2.77. The molecule has 0 aliphatic heterocycles. The topological polar surface area (TPSA) is 42.0 Å². The lowest BCUT2D eigenvalue weighted by molar-refractivity contribution is 0.102. The summed E-state index contributed by atoms with van der Waals surface area (Å²) in [5, 5.41) is 3.70. The fourth-order valence-electron chi connectivity index (χ4n) is 1.71. The number of thioether (sulfide) groups is 1. The fraction of sp³-hybridized carbons (Fsp3) is 0.250. The first kappa shape index (κ1) is 14.6. The van der Waals surface area contributed by atoms with E-state index in [2.05, 4.69) is 17.2 Å². The number of nitrogens with one attached hydrogen (secondary N) is 1. The summed E-state index contributed by atoms with van der Waals surface area (Å²) in [5.41, 5.74) is 2.60. The average molecular weight is 286 g/mol. The van der Waals surface area contributed by atoms with E-state index in [1.165, 1.54) is 5.56 Å². The van der Waals surface area contributed by atoms with Crippen molar-refractivity contribution in [2.24, 2.45) is 0 Å². The highest BCUT2D eigenvalue weighted by Gasteiger charge is 2.12. The van der Waals surface area contributed by atoms with Gasteiger partial charge in [0.15, 0.2) is 0 Å². The van der Waals surface area contributed by atoms with Crippen LogP contribution in [0.25, 0.3) is 0 Å². The number of nitrogens with zero attached hydrogens (tertiary/aromatic N) is 1. The highest BCUT2D eigenvalue weighted by atomic mass is 32.2. The molecule has 3 nitrogen and oxygen atoms in total. The van der Waals surface area contributed by atoms with Crippen LogP contribution in [0.5, 0.6) is 0 Å². The van der Waals surface area contributed by atoms with Gasteiger partial charge in [0.2, 0.25) is 0 Å². The van der Waals surface area contributed by atoms with Gasteiger partial charge < -0.3 is 5.32 Å². The van der Waals surface area contributed by atoms with Gasteiger partial charge >= 0.3 is 0 Å². The number of carbonyl (C=O) groups excluding carboxylic acids is 1. The van der Waals surface area contributed by atoms with Crippen LogP contribution in [0.4, 0.5) is 5.69 Å². The van der Waals surface area contributed by atoms with Crippen molar-refractivity contribution in [3.63, 3.8) is 0 Å². The van der Waals surface area contributed by atoms with Crippen molar-refractivity contribution in [1.82, 2.24) is 4.98 Å². The molecular formula is C16H18N2OS. The first-order valence-corrected chi connectivity index (χ1v) is 7.65. The second-order valence-corrected chi connectivity index (χ2v) is 5.61. The zero-order chi connectivity index (χ0) is 14.4. The molecule has 1 aromatic heterocycles. The standard InChI is InChI=1S/C16H18N2OS/c1-3-11-20-16-14(5-4-10-17-16)15(19)18-13-8-6-12(2)7-9-13/h4-10H,3,11H2,1-2H3,(H,18,19). The number of hydrogen-bond acceptors (Lipinski definition) is 3. The Bertz CT molecular complexity index is 581. The van der Waals surface area contributed by atoms with Gasteiger partial charge in [-0.2, -0.15) is 0 Å². The zero-order valence-corrected chi connectivity index (χ0v) is 12.5. The molecule has 2 rings (SSSR count). The largest absolute Gasteiger partial charge is 0.322 e. The normalized spacial score (nSPS) is 10.3. The summed E-state index contributed by atoms with van der Waals surface area (Å²) in [6.07, 6.45) is 2.78. The molecule has 0 atom stereocenters. The molecule has 4 heteroatoms. The highest BCUT2D eigenvalue weighted by molar-refractivity contribution is 7.99. The lowest BCUT2D eigenvalue weighted by Crippen LogP contribution is -2.13. The predicted octanol–water partition coefficient (Wildman–Crippen LogP) is 4.14. The Labute approximate surface area is 123 Å². The molecule has 0 spiro atoms. The summed E-state index contributed by atoms with van der Waals surface area (Å²) < 4.78 is 0. The summed E-state index contributed by atoms with van der Waals surface area (Å²) in [4.78, 5) is 16.6. The van der Waals surface area contributed by atoms with Crippen molar-refractivity contribution in [3.8, 4) is 0 Å². The maximum Gasteiger partial charge on any atom is 0.258 e. The molecule has 0 saturated carbocycles. The predicted molar refractivity (Wildman–Crippen MR) is 84.4 cm³/mol. The van der Waals surface area contributed by atoms with Crippen molar-refractivity contribution in [3.05, 3.63) is 53.7 Å². The molecule has 20 heavy (non-hydrogen) atoms. The van der Waals surface area contributed by atoms with Gasteiger partial charge in [0.25, 0.3) is 5.91 Å². The van der Waals surface area contributed by atoms with Gasteiger partial charge in [0.05, 0.1) is 5.56 Å². The molecule has 104 valence electrons. The van der Waals surface area contributed by atoms with Gasteiger partial charge in [-0.25, -0.2) is 4.98 Å². The van der Waals surface area contributed by atoms with Crippen molar-refractivity contribution >= 4 is 23.4 Å². The Morgan fingerprint density at radius 1 is 1.25 bits per heavy atom. The van der Waals surface area contributed by atoms with Crippen LogP contribution in [0, 0.1) is 6.92 Å². The van der Waals surface area contributed by atoms with E-state index < -0.39 is 0 Å². The molecule has 2 aromatic rings. The van der Waals surface area contributed by atoms with Gasteiger partial charge in [-0.3, -0.25) is 4.79 Å². The lowest BCUT2D eigenvalue weighted by atomic mass is 10.2. The lowest BCUT2D eigenvalue weighted by Gasteiger charge is -2.09. The third kappa shape index (κ3) is 3.84. The van der Waals surface area contributed by atoms with Crippen molar-refractivity contribution in [2.45, 2.75) is 25.3 Å². The van der Waals surface area contributed by atoms with Crippen LogP contribution in [0.15, 0.2) is 47.6 Å². The van der Waals surface area contributed by atoms with E-state index in [9.17, 15) is 4.79 Å². The number of rotatable bonds is 5. The van der Waals surface area contributed by atoms with Crippen LogP contribution in [0.1, 0.15) is 29.3 Å². The van der Waals surface area contributed by atoms with Gasteiger partial charge in [-0.1, -0.05) is 24.6 Å². The molecule has 0 bridgehead atoms. The van der Waals surface area contributed by atoms with Gasteiger partial charge in [-0.15, -0.1) is 11.8 Å². The number of aromatic nitrogens is 1. The number of hydrogen-bond donors (Lipinski definition) is 1. The van der Waals surface area contributed by atoms with E-state index >= 15 is 0 Å². The Hall–Kier alpha value is -1.81. The number of pyridine rings is 1. The molecule has 0 saturated heterocycles. The van der Waals surface area contributed by atoms with Crippen LogP contribution in [-0.4, -0.2) is 16.6 Å². The van der Waals surface area contributed by atoms with Crippen LogP contribution in [0.2, 0.25) is 0 Å². The summed E-state index contributed by atoms with van der Waals surface area (Å²) in [7, 11) is 0. The van der Waals surface area contributed by atoms with Crippen LogP contribution in [-0.2, 0) is 0 Å². The average Bonchev–Trinajstić information content (AvgIpc) is 2.47. The Morgan fingerprint density at radius 3 is 2.70 bits per heavy atom. The van der Waals surface area contributed by atoms with E-state index in [0.29, 0.717) is 5.56 Å². The summed E-state index contributed by atoms with van der Waals surface area (Å²) >= 11 is 1.62. The summed E-state index contributed by atoms with van der Waals surface area (Å²) in [5.74, 6) is 0.850. The maximum atomic E-state index is 12.3. The van der Waals surface area contributed by atoms with Crippen molar-refractivity contribution in [2.75, 3.05) is 11.1 Å². The van der Waals surface area contributed by atoms with E-state index in [4.69, 9.17) is 0 Å². The molecule has 0 unspecified atom stereocenters. The summed E-state index contributed by atoms with van der Waals surface area (Å²) in [6.45, 7) is 4.13. The number of anilines is 1. The second-order valence-electron chi connectivity index (χ2n) is 4.52. The van der Waals surface area contributed by atoms with Crippen LogP contribution < -0.4 is 5.32 Å². The van der Waals surface area contributed by atoms with E-state index in [0.717, 1.165) is 22.9 Å². The Balaban J connectivity index is 2.14. The maximum absolute atomic E-state index is 12.3. The second kappa shape index (κ2) is 7.10. The minimum atomic E-state index is -0.111. The summed E-state index contributed by atoms with van der Waals surface area (Å²) in [6, 6.07) is 11.4. The number of amides is 1. The van der Waals surface area contributed by atoms with Crippen molar-refractivity contribution < 1.29 is 4.79 Å². The van der Waals surface area contributed by atoms with Gasteiger partial charge in [-0.05, 0) is 43.4 Å². The molecule has 1 heterocycles. The molecule has 0 aliphatic rings. The molecule has 1 amide bonds. The first-order chi connectivity index (χ1) is 9.70. The monoisotopic (exact) mass is 286 g/mol. The fourth-order valence-corrected chi connectivity index (χ4v) is 2.56. The highest BCUT2D eigenvalue weighted by Crippen LogP contribution is 2.21. The van der Waals surface area contributed by atoms with E-state index in [-0.39, 0.29) is 5.91 Å². The van der Waals surface area contributed by atoms with Gasteiger partial charge in [0, 0.05) is 11.9 Å².